The molecule has 4 aliphatic rings. The van der Waals surface area contributed by atoms with Gasteiger partial charge < -0.3 is 0 Å². The van der Waals surface area contributed by atoms with E-state index in [0.29, 0.717) is 5.41 Å². The molecule has 3 aromatic rings. The first-order valence-electron chi connectivity index (χ1n) is 9.42. The Morgan fingerprint density at radius 1 is 1.00 bits per heavy atom. The highest BCUT2D eigenvalue weighted by Gasteiger charge is 2.52. The zero-order chi connectivity index (χ0) is 16.6. The van der Waals surface area contributed by atoms with Crippen LogP contribution in [0.5, 0.6) is 0 Å². The van der Waals surface area contributed by atoms with E-state index in [1.165, 1.54) is 56.4 Å². The smallest absolute Gasteiger partial charge is 0.194 e. The van der Waals surface area contributed by atoms with Gasteiger partial charge in [-0.15, -0.1) is 11.3 Å². The predicted molar refractivity (Wildman–Crippen MR) is 98.3 cm³/mol. The molecule has 4 fully saturated rings. The van der Waals surface area contributed by atoms with E-state index in [1.807, 2.05) is 12.1 Å². The second-order valence-electron chi connectivity index (χ2n) is 8.60. The number of rotatable bonds is 2. The standard InChI is InChI=1S/C21H21FN2S/c22-17-3-1-16(2-4-17)18-12-25-20-23-19(11-24(18)20)21-8-13-5-14(9-21)7-15(6-13)10-21/h1-4,11-15H,5-10H2. The summed E-state index contributed by atoms with van der Waals surface area (Å²) in [6.07, 6.45) is 10.7. The Bertz CT molecular complexity index is 917. The maximum atomic E-state index is 13.3. The minimum Gasteiger partial charge on any atom is -0.290 e. The highest BCUT2D eigenvalue weighted by molar-refractivity contribution is 7.15. The van der Waals surface area contributed by atoms with Crippen LogP contribution in [0.3, 0.4) is 0 Å². The van der Waals surface area contributed by atoms with Crippen LogP contribution in [0, 0.1) is 23.6 Å². The molecule has 7 rings (SSSR count). The molecule has 4 heteroatoms. The first kappa shape index (κ1) is 14.5. The van der Waals surface area contributed by atoms with E-state index in [9.17, 15) is 4.39 Å². The van der Waals surface area contributed by atoms with Crippen LogP contribution in [0.1, 0.15) is 44.2 Å². The summed E-state index contributed by atoms with van der Waals surface area (Å²) in [5.41, 5.74) is 3.84. The molecule has 0 unspecified atom stereocenters. The topological polar surface area (TPSA) is 17.3 Å². The number of thiazole rings is 1. The molecule has 0 atom stereocenters. The van der Waals surface area contributed by atoms with Crippen molar-refractivity contribution in [3.63, 3.8) is 0 Å². The number of nitrogens with zero attached hydrogens (tertiary/aromatic N) is 2. The average Bonchev–Trinajstić information content (AvgIpc) is 3.15. The number of aromatic nitrogens is 2. The van der Waals surface area contributed by atoms with Gasteiger partial charge in [0, 0.05) is 17.0 Å². The Balaban J connectivity index is 1.45. The van der Waals surface area contributed by atoms with Crippen LogP contribution in [0.25, 0.3) is 16.2 Å². The first-order chi connectivity index (χ1) is 12.2. The lowest BCUT2D eigenvalue weighted by molar-refractivity contribution is -0.00696. The summed E-state index contributed by atoms with van der Waals surface area (Å²) in [6.45, 7) is 0. The molecule has 25 heavy (non-hydrogen) atoms. The molecule has 1 aromatic carbocycles. The van der Waals surface area contributed by atoms with Crippen LogP contribution >= 0.6 is 11.3 Å². The zero-order valence-corrected chi connectivity index (χ0v) is 14.9. The molecule has 0 amide bonds. The summed E-state index contributed by atoms with van der Waals surface area (Å²) in [6, 6.07) is 6.80. The van der Waals surface area contributed by atoms with Crippen molar-refractivity contribution in [2.45, 2.75) is 43.9 Å². The molecule has 0 aliphatic heterocycles. The van der Waals surface area contributed by atoms with Crippen molar-refractivity contribution >= 4 is 16.3 Å². The Kier molecular flexibility index (Phi) is 2.86. The van der Waals surface area contributed by atoms with Crippen molar-refractivity contribution in [2.75, 3.05) is 0 Å². The van der Waals surface area contributed by atoms with E-state index in [0.717, 1.165) is 34.0 Å². The number of hydrogen-bond donors (Lipinski definition) is 0. The highest BCUT2D eigenvalue weighted by atomic mass is 32.1. The third-order valence-electron chi connectivity index (χ3n) is 6.93. The fourth-order valence-electron chi connectivity index (χ4n) is 6.29. The van der Waals surface area contributed by atoms with Gasteiger partial charge in [-0.25, -0.2) is 9.37 Å². The van der Waals surface area contributed by atoms with Crippen molar-refractivity contribution in [3.8, 4) is 11.3 Å². The molecule has 0 radical (unpaired) electrons. The minimum absolute atomic E-state index is 0.185. The lowest BCUT2D eigenvalue weighted by atomic mass is 9.49. The predicted octanol–water partition coefficient (Wildman–Crippen LogP) is 5.67. The second kappa shape index (κ2) is 4.94. The van der Waals surface area contributed by atoms with Crippen molar-refractivity contribution < 1.29 is 4.39 Å². The fraction of sp³-hybridized carbons (Fsp3) is 0.476. The van der Waals surface area contributed by atoms with E-state index in [-0.39, 0.29) is 5.82 Å². The maximum Gasteiger partial charge on any atom is 0.194 e. The van der Waals surface area contributed by atoms with Gasteiger partial charge in [0.1, 0.15) is 5.82 Å². The van der Waals surface area contributed by atoms with Gasteiger partial charge in [0.05, 0.1) is 11.4 Å². The summed E-state index contributed by atoms with van der Waals surface area (Å²) in [5.74, 6) is 2.61. The maximum absolute atomic E-state index is 13.3. The number of benzene rings is 1. The lowest BCUT2D eigenvalue weighted by Gasteiger charge is -2.56. The quantitative estimate of drug-likeness (QED) is 0.581. The summed E-state index contributed by atoms with van der Waals surface area (Å²) in [4.78, 5) is 6.15. The Labute approximate surface area is 150 Å². The van der Waals surface area contributed by atoms with Crippen LogP contribution in [0.2, 0.25) is 0 Å². The molecule has 4 bridgehead atoms. The lowest BCUT2D eigenvalue weighted by Crippen LogP contribution is -2.48. The van der Waals surface area contributed by atoms with E-state index in [2.05, 4.69) is 16.0 Å². The molecule has 4 aliphatic carbocycles. The Morgan fingerprint density at radius 2 is 1.64 bits per heavy atom. The molecule has 0 N–H and O–H groups in total. The van der Waals surface area contributed by atoms with E-state index in [4.69, 9.17) is 4.98 Å². The van der Waals surface area contributed by atoms with Crippen LogP contribution in [0.15, 0.2) is 35.8 Å². The van der Waals surface area contributed by atoms with Crippen molar-refractivity contribution in [2.24, 2.45) is 17.8 Å². The monoisotopic (exact) mass is 352 g/mol. The molecule has 0 spiro atoms. The van der Waals surface area contributed by atoms with Gasteiger partial charge >= 0.3 is 0 Å². The summed E-state index contributed by atoms with van der Waals surface area (Å²) >= 11 is 1.70. The van der Waals surface area contributed by atoms with Gasteiger partial charge in [-0.05, 0) is 86.1 Å². The second-order valence-corrected chi connectivity index (χ2v) is 9.44. The summed E-state index contributed by atoms with van der Waals surface area (Å²) in [5, 5.41) is 2.14. The SMILES string of the molecule is Fc1ccc(-c2csc3nc(C45CC6CC(CC(C6)C4)C5)cn23)cc1. The zero-order valence-electron chi connectivity index (χ0n) is 14.1. The molecule has 2 nitrogen and oxygen atoms in total. The summed E-state index contributed by atoms with van der Waals surface area (Å²) < 4.78 is 15.5. The van der Waals surface area contributed by atoms with E-state index < -0.39 is 0 Å². The number of imidazole rings is 1. The Hall–Kier alpha value is -1.68. The van der Waals surface area contributed by atoms with Gasteiger partial charge in [-0.3, -0.25) is 4.40 Å². The van der Waals surface area contributed by atoms with Gasteiger partial charge in [0.2, 0.25) is 0 Å². The molecule has 4 saturated carbocycles. The fourth-order valence-corrected chi connectivity index (χ4v) is 7.17. The van der Waals surface area contributed by atoms with Gasteiger partial charge in [-0.2, -0.15) is 0 Å². The molecule has 128 valence electrons. The molecule has 0 saturated heterocycles. The highest BCUT2D eigenvalue weighted by Crippen LogP contribution is 2.60. The third-order valence-corrected chi connectivity index (χ3v) is 7.77. The average molecular weight is 352 g/mol. The molecular weight excluding hydrogens is 331 g/mol. The Morgan fingerprint density at radius 3 is 2.28 bits per heavy atom. The van der Waals surface area contributed by atoms with Crippen LogP contribution < -0.4 is 0 Å². The van der Waals surface area contributed by atoms with Gasteiger partial charge in [-0.1, -0.05) is 0 Å². The third kappa shape index (κ3) is 2.10. The number of fused-ring (bicyclic) bond motifs is 1. The normalized spacial score (nSPS) is 33.4. The van der Waals surface area contributed by atoms with Crippen LogP contribution in [0.4, 0.5) is 4.39 Å². The number of hydrogen-bond acceptors (Lipinski definition) is 2. The van der Waals surface area contributed by atoms with Crippen molar-refractivity contribution in [1.82, 2.24) is 9.38 Å². The molecular formula is C21H21FN2S. The van der Waals surface area contributed by atoms with Gasteiger partial charge in [0.15, 0.2) is 4.96 Å². The minimum atomic E-state index is -0.185. The van der Waals surface area contributed by atoms with Gasteiger partial charge in [0.25, 0.3) is 0 Å². The molecule has 2 heterocycles. The van der Waals surface area contributed by atoms with E-state index >= 15 is 0 Å². The first-order valence-corrected chi connectivity index (χ1v) is 10.3. The van der Waals surface area contributed by atoms with Crippen LogP contribution in [-0.4, -0.2) is 9.38 Å². The van der Waals surface area contributed by atoms with E-state index in [1.54, 1.807) is 11.3 Å². The molecule has 2 aromatic heterocycles. The largest absolute Gasteiger partial charge is 0.290 e. The van der Waals surface area contributed by atoms with Crippen LogP contribution in [-0.2, 0) is 5.41 Å². The van der Waals surface area contributed by atoms with Crippen molar-refractivity contribution in [3.05, 3.63) is 47.4 Å². The number of halogens is 1. The summed E-state index contributed by atoms with van der Waals surface area (Å²) in [7, 11) is 0. The van der Waals surface area contributed by atoms with Crippen molar-refractivity contribution in [1.29, 1.82) is 0 Å².